The quantitative estimate of drug-likeness (QED) is 0.873. The van der Waals surface area contributed by atoms with E-state index in [9.17, 15) is 9.59 Å². The number of carbonyl (C=O) groups is 2. The van der Waals surface area contributed by atoms with Crippen LogP contribution in [0.5, 0.6) is 5.75 Å². The van der Waals surface area contributed by atoms with Crippen molar-refractivity contribution >= 4 is 11.8 Å². The van der Waals surface area contributed by atoms with Gasteiger partial charge in [-0.1, -0.05) is 42.5 Å². The normalized spacial score (nSPS) is 19.0. The first kappa shape index (κ1) is 18.9. The second-order valence-corrected chi connectivity index (χ2v) is 6.96. The summed E-state index contributed by atoms with van der Waals surface area (Å²) < 4.78 is 5.61. The molecule has 1 aliphatic heterocycles. The molecule has 0 unspecified atom stereocenters. The van der Waals surface area contributed by atoms with Crippen LogP contribution in [0.2, 0.25) is 0 Å². The number of nitrogens with two attached hydrogens (primary N) is 1. The number of likely N-dealkylation sites (tertiary alicyclic amines) is 1. The molecular weight excluding hydrogens is 342 g/mol. The molecule has 0 bridgehead atoms. The number of carbonyl (C=O) groups excluding carboxylic acids is 2. The first-order valence-electron chi connectivity index (χ1n) is 8.99. The summed E-state index contributed by atoms with van der Waals surface area (Å²) in [6.07, 6.45) is 0. The van der Waals surface area contributed by atoms with E-state index in [-0.39, 0.29) is 30.4 Å². The fourth-order valence-corrected chi connectivity index (χ4v) is 3.26. The van der Waals surface area contributed by atoms with Gasteiger partial charge in [-0.25, -0.2) is 0 Å². The molecule has 2 amide bonds. The van der Waals surface area contributed by atoms with Crippen LogP contribution in [0.15, 0.2) is 54.6 Å². The number of amides is 2. The third kappa shape index (κ3) is 4.28. The van der Waals surface area contributed by atoms with Gasteiger partial charge in [0.25, 0.3) is 11.8 Å². The van der Waals surface area contributed by atoms with E-state index in [1.807, 2.05) is 30.3 Å². The lowest BCUT2D eigenvalue weighted by Gasteiger charge is -2.19. The number of likely N-dealkylation sites (N-methyl/N-ethyl adjacent to an activating group) is 1. The van der Waals surface area contributed by atoms with Crippen LogP contribution in [-0.4, -0.2) is 61.4 Å². The summed E-state index contributed by atoms with van der Waals surface area (Å²) in [5.74, 6) is 0.231. The van der Waals surface area contributed by atoms with E-state index >= 15 is 0 Å². The Labute approximate surface area is 159 Å². The average molecular weight is 367 g/mol. The van der Waals surface area contributed by atoms with Gasteiger partial charge in [-0.15, -0.1) is 0 Å². The van der Waals surface area contributed by atoms with Gasteiger partial charge in [-0.2, -0.15) is 0 Å². The van der Waals surface area contributed by atoms with Crippen molar-refractivity contribution in [2.75, 3.05) is 33.8 Å². The molecule has 2 atom stereocenters. The number of hydrogen-bond acceptors (Lipinski definition) is 4. The lowest BCUT2D eigenvalue weighted by molar-refractivity contribution is -0.130. The molecule has 2 aromatic rings. The summed E-state index contributed by atoms with van der Waals surface area (Å²) in [6, 6.07) is 16.9. The van der Waals surface area contributed by atoms with Crippen LogP contribution < -0.4 is 10.5 Å². The van der Waals surface area contributed by atoms with E-state index < -0.39 is 0 Å². The van der Waals surface area contributed by atoms with E-state index in [0.717, 1.165) is 5.56 Å². The summed E-state index contributed by atoms with van der Waals surface area (Å²) in [4.78, 5) is 28.1. The Morgan fingerprint density at radius 3 is 2.44 bits per heavy atom. The predicted octanol–water partition coefficient (Wildman–Crippen LogP) is 1.72. The molecule has 142 valence electrons. The minimum Gasteiger partial charge on any atom is -0.483 e. The fourth-order valence-electron chi connectivity index (χ4n) is 3.26. The predicted molar refractivity (Wildman–Crippen MR) is 104 cm³/mol. The average Bonchev–Trinajstić information content (AvgIpc) is 3.08. The molecule has 6 heteroatoms. The van der Waals surface area contributed by atoms with Gasteiger partial charge in [0.05, 0.1) is 5.56 Å². The molecule has 3 rings (SSSR count). The highest BCUT2D eigenvalue weighted by molar-refractivity contribution is 5.97. The lowest BCUT2D eigenvalue weighted by Crippen LogP contribution is -2.33. The molecule has 2 N–H and O–H groups in total. The lowest BCUT2D eigenvalue weighted by atomic mass is 9.95. The van der Waals surface area contributed by atoms with Crippen LogP contribution in [-0.2, 0) is 4.79 Å². The van der Waals surface area contributed by atoms with Gasteiger partial charge in [-0.05, 0) is 17.7 Å². The maximum atomic E-state index is 13.1. The molecule has 1 aliphatic rings. The minimum absolute atomic E-state index is 0.108. The van der Waals surface area contributed by atoms with Crippen molar-refractivity contribution in [3.8, 4) is 5.75 Å². The van der Waals surface area contributed by atoms with Crippen LogP contribution in [0.4, 0.5) is 0 Å². The largest absolute Gasteiger partial charge is 0.483 e. The van der Waals surface area contributed by atoms with E-state index in [4.69, 9.17) is 10.5 Å². The van der Waals surface area contributed by atoms with Crippen molar-refractivity contribution in [1.82, 2.24) is 9.80 Å². The van der Waals surface area contributed by atoms with E-state index in [1.54, 1.807) is 43.3 Å². The Balaban J connectivity index is 1.74. The summed E-state index contributed by atoms with van der Waals surface area (Å²) in [5, 5.41) is 0. The first-order valence-corrected chi connectivity index (χ1v) is 8.99. The zero-order chi connectivity index (χ0) is 19.4. The maximum Gasteiger partial charge on any atom is 0.259 e. The van der Waals surface area contributed by atoms with Gasteiger partial charge < -0.3 is 20.3 Å². The second-order valence-electron chi connectivity index (χ2n) is 6.96. The molecule has 6 nitrogen and oxygen atoms in total. The minimum atomic E-state index is -0.162. The zero-order valence-corrected chi connectivity index (χ0v) is 15.7. The van der Waals surface area contributed by atoms with Gasteiger partial charge in [0, 0.05) is 39.1 Å². The van der Waals surface area contributed by atoms with Crippen LogP contribution in [0.1, 0.15) is 21.8 Å². The Kier molecular flexibility index (Phi) is 5.76. The van der Waals surface area contributed by atoms with Crippen LogP contribution in [0.3, 0.4) is 0 Å². The van der Waals surface area contributed by atoms with Gasteiger partial charge in [0.1, 0.15) is 5.75 Å². The van der Waals surface area contributed by atoms with Crippen molar-refractivity contribution in [2.45, 2.75) is 12.0 Å². The van der Waals surface area contributed by atoms with Gasteiger partial charge in [-0.3, -0.25) is 9.59 Å². The first-order chi connectivity index (χ1) is 13.0. The van der Waals surface area contributed by atoms with Crippen molar-refractivity contribution in [1.29, 1.82) is 0 Å². The summed E-state index contributed by atoms with van der Waals surface area (Å²) in [7, 11) is 3.33. The molecule has 1 heterocycles. The maximum absolute atomic E-state index is 13.1. The number of para-hydroxylation sites is 1. The van der Waals surface area contributed by atoms with Crippen LogP contribution in [0.25, 0.3) is 0 Å². The Morgan fingerprint density at radius 1 is 1.07 bits per heavy atom. The molecule has 0 saturated carbocycles. The van der Waals surface area contributed by atoms with Gasteiger partial charge in [0.2, 0.25) is 0 Å². The molecule has 27 heavy (non-hydrogen) atoms. The Morgan fingerprint density at radius 2 is 1.74 bits per heavy atom. The van der Waals surface area contributed by atoms with Crippen LogP contribution >= 0.6 is 0 Å². The van der Waals surface area contributed by atoms with Gasteiger partial charge in [0.15, 0.2) is 6.61 Å². The van der Waals surface area contributed by atoms with Gasteiger partial charge >= 0.3 is 0 Å². The van der Waals surface area contributed by atoms with Crippen molar-refractivity contribution in [2.24, 2.45) is 5.73 Å². The van der Waals surface area contributed by atoms with Crippen molar-refractivity contribution in [3.63, 3.8) is 0 Å². The number of hydrogen-bond donors (Lipinski definition) is 1. The molecule has 0 aliphatic carbocycles. The second kappa shape index (κ2) is 8.22. The zero-order valence-electron chi connectivity index (χ0n) is 15.7. The number of rotatable bonds is 5. The highest BCUT2D eigenvalue weighted by atomic mass is 16.5. The molecule has 1 saturated heterocycles. The Bertz CT molecular complexity index is 807. The smallest absolute Gasteiger partial charge is 0.259 e. The number of ether oxygens (including phenoxy) is 1. The molecular formula is C21H25N3O3. The van der Waals surface area contributed by atoms with E-state index in [2.05, 4.69) is 0 Å². The van der Waals surface area contributed by atoms with Crippen molar-refractivity contribution in [3.05, 3.63) is 65.7 Å². The topological polar surface area (TPSA) is 75.9 Å². The molecule has 2 aromatic carbocycles. The monoisotopic (exact) mass is 367 g/mol. The highest BCUT2D eigenvalue weighted by Gasteiger charge is 2.35. The van der Waals surface area contributed by atoms with Crippen LogP contribution in [0, 0.1) is 0 Å². The third-order valence-electron chi connectivity index (χ3n) is 4.85. The third-order valence-corrected chi connectivity index (χ3v) is 4.85. The number of nitrogens with zero attached hydrogens (tertiary/aromatic N) is 2. The highest BCUT2D eigenvalue weighted by Crippen LogP contribution is 2.29. The fraction of sp³-hybridized carbons (Fsp3) is 0.333. The summed E-state index contributed by atoms with van der Waals surface area (Å²) >= 11 is 0. The molecule has 0 radical (unpaired) electrons. The SMILES string of the molecule is CN(C)C(=O)COc1ccccc1C(=O)N1C[C@@H](N)[C@H](c2ccccc2)C1. The molecule has 1 fully saturated rings. The van der Waals surface area contributed by atoms with E-state index in [0.29, 0.717) is 24.4 Å². The standard InChI is InChI=1S/C21H25N3O3/c1-23(2)20(25)14-27-19-11-7-6-10-16(19)21(26)24-12-17(18(22)13-24)15-8-4-3-5-9-15/h3-11,17-18H,12-14,22H2,1-2H3/t17-,18+/m0/s1. The summed E-state index contributed by atoms with van der Waals surface area (Å²) in [6.45, 7) is 0.946. The molecule has 0 aromatic heterocycles. The summed E-state index contributed by atoms with van der Waals surface area (Å²) in [5.41, 5.74) is 7.90. The number of benzene rings is 2. The van der Waals surface area contributed by atoms with Crippen molar-refractivity contribution < 1.29 is 14.3 Å². The Hall–Kier alpha value is -2.86. The molecule has 0 spiro atoms. The van der Waals surface area contributed by atoms with E-state index in [1.165, 1.54) is 4.90 Å².